The van der Waals surface area contributed by atoms with E-state index in [2.05, 4.69) is 0 Å². The molecule has 0 saturated heterocycles. The van der Waals surface area contributed by atoms with Gasteiger partial charge in [-0.15, -0.1) is 0 Å². The molecule has 0 radical (unpaired) electrons. The van der Waals surface area contributed by atoms with Crippen molar-refractivity contribution in [3.8, 4) is 0 Å². The van der Waals surface area contributed by atoms with E-state index in [1.807, 2.05) is 0 Å². The maximum Gasteiger partial charge on any atom is 0.293 e. The first-order valence-electron chi connectivity index (χ1n) is 5.63. The van der Waals surface area contributed by atoms with Crippen molar-refractivity contribution in [1.29, 1.82) is 0 Å². The first-order chi connectivity index (χ1) is 8.70. The smallest absolute Gasteiger partial charge is 0.293 e. The van der Waals surface area contributed by atoms with Gasteiger partial charge < -0.3 is 15.7 Å². The zero-order valence-electron chi connectivity index (χ0n) is 11.1. The van der Waals surface area contributed by atoms with Crippen LogP contribution in [0.25, 0.3) is 0 Å². The third-order valence-corrected chi connectivity index (χ3v) is 3.11. The number of benzene rings is 1. The summed E-state index contributed by atoms with van der Waals surface area (Å²) < 4.78 is 0. The second-order valence-corrected chi connectivity index (χ2v) is 4.85. The van der Waals surface area contributed by atoms with E-state index >= 15 is 0 Å². The van der Waals surface area contributed by atoms with Gasteiger partial charge in [-0.2, -0.15) is 0 Å². The normalized spacial score (nSPS) is 11.2. The zero-order chi connectivity index (χ0) is 14.8. The number of rotatable bonds is 5. The number of anilines is 1. The van der Waals surface area contributed by atoms with Crippen LogP contribution in [0, 0.1) is 10.1 Å². The molecule has 0 heterocycles. The van der Waals surface area contributed by atoms with E-state index in [1.165, 1.54) is 12.1 Å². The van der Waals surface area contributed by atoms with Crippen molar-refractivity contribution in [1.82, 2.24) is 0 Å². The number of nitrogens with two attached hydrogens (primary N) is 1. The second kappa shape index (κ2) is 5.23. The number of aliphatic hydroxyl groups excluding tert-OH is 1. The molecular formula is C12H17N3O4. The summed E-state index contributed by atoms with van der Waals surface area (Å²) in [6.07, 6.45) is 0. The van der Waals surface area contributed by atoms with E-state index in [0.29, 0.717) is 5.69 Å². The van der Waals surface area contributed by atoms with Crippen molar-refractivity contribution in [2.75, 3.05) is 18.6 Å². The summed E-state index contributed by atoms with van der Waals surface area (Å²) in [6, 6.07) is 4.02. The van der Waals surface area contributed by atoms with Crippen molar-refractivity contribution in [3.05, 3.63) is 33.9 Å². The molecule has 1 aromatic carbocycles. The molecule has 1 rings (SSSR count). The van der Waals surface area contributed by atoms with E-state index < -0.39 is 16.4 Å². The fraction of sp³-hybridized carbons (Fsp3) is 0.417. The van der Waals surface area contributed by atoms with Crippen LogP contribution in [-0.4, -0.2) is 35.1 Å². The second-order valence-electron chi connectivity index (χ2n) is 4.85. The number of nitro benzene ring substituents is 1. The number of primary amides is 1. The van der Waals surface area contributed by atoms with Crippen LogP contribution in [0.15, 0.2) is 18.2 Å². The lowest BCUT2D eigenvalue weighted by molar-refractivity contribution is -0.384. The number of hydrogen-bond acceptors (Lipinski definition) is 5. The number of nitrogens with zero attached hydrogens (tertiary/aromatic N) is 2. The number of carbonyl (C=O) groups is 1. The molecule has 0 saturated carbocycles. The summed E-state index contributed by atoms with van der Waals surface area (Å²) in [4.78, 5) is 23.2. The van der Waals surface area contributed by atoms with E-state index in [1.54, 1.807) is 25.8 Å². The zero-order valence-corrected chi connectivity index (χ0v) is 11.1. The molecule has 7 heteroatoms. The Morgan fingerprint density at radius 2 is 2.11 bits per heavy atom. The van der Waals surface area contributed by atoms with Gasteiger partial charge in [-0.05, 0) is 26.0 Å². The van der Waals surface area contributed by atoms with Crippen LogP contribution in [0.2, 0.25) is 0 Å². The quantitative estimate of drug-likeness (QED) is 0.608. The number of hydrogen-bond donors (Lipinski definition) is 2. The van der Waals surface area contributed by atoms with E-state index in [-0.39, 0.29) is 17.9 Å². The summed E-state index contributed by atoms with van der Waals surface area (Å²) in [7, 11) is 1.64. The van der Waals surface area contributed by atoms with Gasteiger partial charge in [0.2, 0.25) is 5.91 Å². The molecule has 0 aliphatic rings. The topological polar surface area (TPSA) is 110 Å². The van der Waals surface area contributed by atoms with Gasteiger partial charge in [0.1, 0.15) is 5.69 Å². The molecule has 0 atom stereocenters. The Balaban J connectivity index is 3.36. The van der Waals surface area contributed by atoms with Crippen LogP contribution in [0.1, 0.15) is 24.2 Å². The molecule has 0 bridgehead atoms. The van der Waals surface area contributed by atoms with Gasteiger partial charge in [0.05, 0.1) is 17.1 Å². The van der Waals surface area contributed by atoms with Crippen LogP contribution in [0.4, 0.5) is 11.4 Å². The van der Waals surface area contributed by atoms with E-state index in [4.69, 9.17) is 5.73 Å². The minimum absolute atomic E-state index is 0.0747. The fourth-order valence-corrected chi connectivity index (χ4v) is 1.54. The van der Waals surface area contributed by atoms with Crippen LogP contribution in [0.5, 0.6) is 0 Å². The number of nitro groups is 1. The average Bonchev–Trinajstić information content (AvgIpc) is 2.36. The molecule has 0 aliphatic carbocycles. The Hall–Kier alpha value is -2.15. The summed E-state index contributed by atoms with van der Waals surface area (Å²) in [5, 5.41) is 20.4. The van der Waals surface area contributed by atoms with Crippen molar-refractivity contribution < 1.29 is 14.8 Å². The Labute approximate surface area is 110 Å². The highest BCUT2D eigenvalue weighted by molar-refractivity contribution is 5.94. The number of likely N-dealkylation sites (N-methyl/N-ethyl adjacent to an activating group) is 1. The van der Waals surface area contributed by atoms with Gasteiger partial charge in [0.25, 0.3) is 5.69 Å². The Kier molecular flexibility index (Phi) is 4.10. The van der Waals surface area contributed by atoms with Gasteiger partial charge >= 0.3 is 0 Å². The molecule has 1 aromatic rings. The molecule has 0 aliphatic heterocycles. The fourth-order valence-electron chi connectivity index (χ4n) is 1.54. The van der Waals surface area contributed by atoms with Gasteiger partial charge in [-0.3, -0.25) is 14.9 Å². The highest BCUT2D eigenvalue weighted by Crippen LogP contribution is 2.32. The van der Waals surface area contributed by atoms with E-state index in [9.17, 15) is 20.0 Å². The molecular weight excluding hydrogens is 250 g/mol. The van der Waals surface area contributed by atoms with Gasteiger partial charge in [-0.1, -0.05) is 0 Å². The molecule has 3 N–H and O–H groups in total. The van der Waals surface area contributed by atoms with Crippen molar-refractivity contribution >= 4 is 17.3 Å². The molecule has 0 fully saturated rings. The van der Waals surface area contributed by atoms with Crippen molar-refractivity contribution in [2.24, 2.45) is 5.73 Å². The summed E-state index contributed by atoms with van der Waals surface area (Å²) in [5.74, 6) is -0.723. The number of aliphatic hydroxyl groups is 1. The highest BCUT2D eigenvalue weighted by Gasteiger charge is 2.28. The molecule has 19 heavy (non-hydrogen) atoms. The minimum atomic E-state index is -0.723. The van der Waals surface area contributed by atoms with E-state index in [0.717, 1.165) is 6.07 Å². The largest absolute Gasteiger partial charge is 0.394 e. The van der Waals surface area contributed by atoms with Gasteiger partial charge in [0.15, 0.2) is 0 Å². The van der Waals surface area contributed by atoms with Crippen LogP contribution in [-0.2, 0) is 0 Å². The lowest BCUT2D eigenvalue weighted by atomic mass is 10.0. The lowest BCUT2D eigenvalue weighted by Crippen LogP contribution is -2.44. The van der Waals surface area contributed by atoms with Crippen LogP contribution < -0.4 is 10.6 Å². The molecule has 0 unspecified atom stereocenters. The first kappa shape index (κ1) is 14.9. The standard InChI is InChI=1S/C12H17N3O4/c1-12(2,7-16)14(3)9-5-4-8(11(13)17)6-10(9)15(18)19/h4-6,16H,7H2,1-3H3,(H2,13,17). The molecule has 0 aromatic heterocycles. The number of amides is 1. The molecule has 1 amide bonds. The summed E-state index contributed by atoms with van der Waals surface area (Å²) in [6.45, 7) is 3.33. The van der Waals surface area contributed by atoms with Gasteiger partial charge in [-0.25, -0.2) is 0 Å². The summed E-state index contributed by atoms with van der Waals surface area (Å²) >= 11 is 0. The molecule has 7 nitrogen and oxygen atoms in total. The Bertz CT molecular complexity index is 514. The maximum atomic E-state index is 11.1. The SMILES string of the molecule is CN(c1ccc(C(N)=O)cc1[N+](=O)[O-])C(C)(C)CO. The number of carbonyl (C=O) groups excluding carboxylic acids is 1. The molecule has 104 valence electrons. The van der Waals surface area contributed by atoms with Gasteiger partial charge in [0, 0.05) is 18.7 Å². The first-order valence-corrected chi connectivity index (χ1v) is 5.63. The van der Waals surface area contributed by atoms with Crippen molar-refractivity contribution in [2.45, 2.75) is 19.4 Å². The predicted molar refractivity (Wildman–Crippen MR) is 71.2 cm³/mol. The predicted octanol–water partition coefficient (Wildman–Crippen LogP) is 0.901. The Morgan fingerprint density at radius 1 is 1.53 bits per heavy atom. The van der Waals surface area contributed by atoms with Crippen molar-refractivity contribution in [3.63, 3.8) is 0 Å². The van der Waals surface area contributed by atoms with Crippen LogP contribution >= 0.6 is 0 Å². The highest BCUT2D eigenvalue weighted by atomic mass is 16.6. The minimum Gasteiger partial charge on any atom is -0.394 e. The maximum absolute atomic E-state index is 11.1. The monoisotopic (exact) mass is 267 g/mol. The average molecular weight is 267 g/mol. The van der Waals surface area contributed by atoms with Crippen LogP contribution in [0.3, 0.4) is 0 Å². The lowest BCUT2D eigenvalue weighted by Gasteiger charge is -2.35. The third-order valence-electron chi connectivity index (χ3n) is 3.11. The Morgan fingerprint density at radius 3 is 2.53 bits per heavy atom. The third kappa shape index (κ3) is 3.00. The summed E-state index contributed by atoms with van der Waals surface area (Å²) in [5.41, 5.74) is 4.60. The molecule has 0 spiro atoms.